The Bertz CT molecular complexity index is 839. The quantitative estimate of drug-likeness (QED) is 0.869. The lowest BCUT2D eigenvalue weighted by Gasteiger charge is -2.30. The molecule has 2 aromatic carbocycles. The van der Waals surface area contributed by atoms with Gasteiger partial charge in [-0.15, -0.1) is 0 Å². The minimum Gasteiger partial charge on any atom is -0.330 e. The molecule has 1 aliphatic heterocycles. The lowest BCUT2D eigenvalue weighted by Crippen LogP contribution is -2.42. The number of carbonyl (C=O) groups is 1. The van der Waals surface area contributed by atoms with Gasteiger partial charge in [0.15, 0.2) is 0 Å². The summed E-state index contributed by atoms with van der Waals surface area (Å²) in [5.74, 6) is -1.01. The van der Waals surface area contributed by atoms with Crippen LogP contribution in [0.4, 0.5) is 13.6 Å². The van der Waals surface area contributed by atoms with E-state index in [9.17, 15) is 13.6 Å². The molecule has 0 spiro atoms. The average Bonchev–Trinajstić information content (AvgIpc) is 3.13. The molecule has 0 unspecified atom stereocenters. The molecular weight excluding hydrogens is 348 g/mol. The van der Waals surface area contributed by atoms with Crippen LogP contribution < -0.4 is 5.73 Å². The molecule has 6 heteroatoms. The van der Waals surface area contributed by atoms with Crippen molar-refractivity contribution in [1.29, 1.82) is 0 Å². The SMILES string of the molecule is CN(CCCN)C(=O)N1CC(c2cc(F)ccc2F)=C[C@H]1c1ccccc1. The third-order valence-corrected chi connectivity index (χ3v) is 4.72. The van der Waals surface area contributed by atoms with Crippen LogP contribution in [0, 0.1) is 11.6 Å². The highest BCUT2D eigenvalue weighted by atomic mass is 19.1. The third kappa shape index (κ3) is 4.17. The van der Waals surface area contributed by atoms with Crippen molar-refractivity contribution in [1.82, 2.24) is 9.80 Å². The fraction of sp³-hybridized carbons (Fsp3) is 0.286. The molecule has 2 amide bonds. The highest BCUT2D eigenvalue weighted by molar-refractivity contribution is 5.82. The molecule has 1 heterocycles. The molecule has 1 aliphatic rings. The van der Waals surface area contributed by atoms with Gasteiger partial charge in [0.05, 0.1) is 6.04 Å². The summed E-state index contributed by atoms with van der Waals surface area (Å²) in [5.41, 5.74) is 7.25. The Morgan fingerprint density at radius 1 is 1.22 bits per heavy atom. The van der Waals surface area contributed by atoms with Gasteiger partial charge in [-0.3, -0.25) is 0 Å². The normalized spacial score (nSPS) is 16.4. The number of hydrogen-bond donors (Lipinski definition) is 1. The van der Waals surface area contributed by atoms with E-state index in [4.69, 9.17) is 5.73 Å². The van der Waals surface area contributed by atoms with Gasteiger partial charge in [0.1, 0.15) is 11.6 Å². The van der Waals surface area contributed by atoms with Crippen LogP contribution in [-0.4, -0.2) is 42.5 Å². The Labute approximate surface area is 157 Å². The molecule has 0 fully saturated rings. The Hall–Kier alpha value is -2.73. The first-order valence-corrected chi connectivity index (χ1v) is 8.94. The Balaban J connectivity index is 1.94. The van der Waals surface area contributed by atoms with Gasteiger partial charge in [0, 0.05) is 25.7 Å². The number of nitrogens with zero attached hydrogens (tertiary/aromatic N) is 2. The number of benzene rings is 2. The van der Waals surface area contributed by atoms with Crippen LogP contribution in [-0.2, 0) is 0 Å². The van der Waals surface area contributed by atoms with Crippen molar-refractivity contribution in [2.24, 2.45) is 5.73 Å². The van der Waals surface area contributed by atoms with Gasteiger partial charge in [-0.25, -0.2) is 13.6 Å². The van der Waals surface area contributed by atoms with Crippen LogP contribution in [0.2, 0.25) is 0 Å². The maximum absolute atomic E-state index is 14.3. The molecular formula is C21H23F2N3O. The van der Waals surface area contributed by atoms with Crippen LogP contribution in [0.25, 0.3) is 5.57 Å². The van der Waals surface area contributed by atoms with E-state index in [1.165, 1.54) is 6.07 Å². The second-order valence-electron chi connectivity index (χ2n) is 6.65. The summed E-state index contributed by atoms with van der Waals surface area (Å²) in [6.45, 7) is 1.25. The number of urea groups is 1. The largest absolute Gasteiger partial charge is 0.330 e. The predicted molar refractivity (Wildman–Crippen MR) is 102 cm³/mol. The molecule has 0 saturated heterocycles. The topological polar surface area (TPSA) is 49.6 Å². The fourth-order valence-electron chi connectivity index (χ4n) is 3.29. The molecule has 1 atom stereocenters. The summed E-state index contributed by atoms with van der Waals surface area (Å²) in [6, 6.07) is 12.4. The Morgan fingerprint density at radius 2 is 1.96 bits per heavy atom. The number of rotatable bonds is 5. The van der Waals surface area contributed by atoms with Gasteiger partial charge in [-0.1, -0.05) is 36.4 Å². The Morgan fingerprint density at radius 3 is 2.67 bits per heavy atom. The van der Waals surface area contributed by atoms with Gasteiger partial charge in [-0.2, -0.15) is 0 Å². The molecule has 0 bridgehead atoms. The predicted octanol–water partition coefficient (Wildman–Crippen LogP) is 3.81. The summed E-state index contributed by atoms with van der Waals surface area (Å²) in [7, 11) is 1.72. The maximum Gasteiger partial charge on any atom is 0.320 e. The molecule has 0 aliphatic carbocycles. The highest BCUT2D eigenvalue weighted by Gasteiger charge is 2.33. The van der Waals surface area contributed by atoms with Gasteiger partial charge < -0.3 is 15.5 Å². The van der Waals surface area contributed by atoms with Gasteiger partial charge in [0.25, 0.3) is 0 Å². The zero-order chi connectivity index (χ0) is 19.4. The minimum atomic E-state index is -0.506. The molecule has 4 nitrogen and oxygen atoms in total. The van der Waals surface area contributed by atoms with Crippen LogP contribution >= 0.6 is 0 Å². The summed E-state index contributed by atoms with van der Waals surface area (Å²) in [5, 5.41) is 0. The Kier molecular flexibility index (Phi) is 5.86. The summed E-state index contributed by atoms with van der Waals surface area (Å²) < 4.78 is 27.9. The third-order valence-electron chi connectivity index (χ3n) is 4.72. The van der Waals surface area contributed by atoms with Gasteiger partial charge in [0.2, 0.25) is 0 Å². The van der Waals surface area contributed by atoms with Gasteiger partial charge in [-0.05, 0) is 42.3 Å². The summed E-state index contributed by atoms with van der Waals surface area (Å²) in [4.78, 5) is 16.3. The van der Waals surface area contributed by atoms with E-state index in [1.807, 2.05) is 36.4 Å². The highest BCUT2D eigenvalue weighted by Crippen LogP contribution is 2.36. The second kappa shape index (κ2) is 8.31. The molecule has 3 rings (SSSR count). The van der Waals surface area contributed by atoms with Crippen molar-refractivity contribution in [2.75, 3.05) is 26.7 Å². The average molecular weight is 371 g/mol. The first kappa shape index (κ1) is 19.0. The van der Waals surface area contributed by atoms with Crippen molar-refractivity contribution in [3.05, 3.63) is 77.4 Å². The summed E-state index contributed by atoms with van der Waals surface area (Å²) in [6.07, 6.45) is 2.53. The van der Waals surface area contributed by atoms with E-state index in [0.717, 1.165) is 17.7 Å². The van der Waals surface area contributed by atoms with Crippen LogP contribution in [0.1, 0.15) is 23.6 Å². The zero-order valence-corrected chi connectivity index (χ0v) is 15.2. The molecule has 27 heavy (non-hydrogen) atoms. The smallest absolute Gasteiger partial charge is 0.320 e. The molecule has 0 radical (unpaired) electrons. The second-order valence-corrected chi connectivity index (χ2v) is 6.65. The van der Waals surface area contributed by atoms with E-state index >= 15 is 0 Å². The number of hydrogen-bond acceptors (Lipinski definition) is 2. The first-order chi connectivity index (χ1) is 13.0. The van der Waals surface area contributed by atoms with Crippen molar-refractivity contribution in [3.8, 4) is 0 Å². The molecule has 2 N–H and O–H groups in total. The van der Waals surface area contributed by atoms with Crippen LogP contribution in [0.5, 0.6) is 0 Å². The van der Waals surface area contributed by atoms with E-state index in [2.05, 4.69) is 0 Å². The fourth-order valence-corrected chi connectivity index (χ4v) is 3.29. The number of nitrogens with two attached hydrogens (primary N) is 1. The monoisotopic (exact) mass is 371 g/mol. The minimum absolute atomic E-state index is 0.166. The molecule has 0 aromatic heterocycles. The van der Waals surface area contributed by atoms with Crippen molar-refractivity contribution in [2.45, 2.75) is 12.5 Å². The van der Waals surface area contributed by atoms with Crippen molar-refractivity contribution < 1.29 is 13.6 Å². The standard InChI is InChI=1S/C21H23F2N3O/c1-25(11-5-10-24)21(27)26-14-16(18-13-17(22)8-9-19(18)23)12-20(26)15-6-3-2-4-7-15/h2-4,6-9,12-13,20H,5,10-11,14,24H2,1H3/t20-/m0/s1. The van der Waals surface area contributed by atoms with Crippen molar-refractivity contribution >= 4 is 11.6 Å². The molecule has 142 valence electrons. The van der Waals surface area contributed by atoms with E-state index in [0.29, 0.717) is 25.1 Å². The number of carbonyl (C=O) groups excluding carboxylic acids is 1. The first-order valence-electron chi connectivity index (χ1n) is 8.94. The molecule has 2 aromatic rings. The maximum atomic E-state index is 14.3. The van der Waals surface area contributed by atoms with E-state index < -0.39 is 11.6 Å². The lowest BCUT2D eigenvalue weighted by atomic mass is 10.0. The van der Waals surface area contributed by atoms with Crippen molar-refractivity contribution in [3.63, 3.8) is 0 Å². The zero-order valence-electron chi connectivity index (χ0n) is 15.2. The number of halogens is 2. The lowest BCUT2D eigenvalue weighted by molar-refractivity contribution is 0.162. The molecule has 0 saturated carbocycles. The number of amides is 2. The van der Waals surface area contributed by atoms with E-state index in [1.54, 1.807) is 16.8 Å². The van der Waals surface area contributed by atoms with Crippen LogP contribution in [0.15, 0.2) is 54.6 Å². The van der Waals surface area contributed by atoms with E-state index in [-0.39, 0.29) is 24.2 Å². The van der Waals surface area contributed by atoms with Gasteiger partial charge >= 0.3 is 6.03 Å². The van der Waals surface area contributed by atoms with Crippen LogP contribution in [0.3, 0.4) is 0 Å². The summed E-state index contributed by atoms with van der Waals surface area (Å²) >= 11 is 0.